The first kappa shape index (κ1) is 34.7. The Morgan fingerprint density at radius 2 is 1.56 bits per heavy atom. The second-order valence-electron chi connectivity index (χ2n) is 10.1. The zero-order chi connectivity index (χ0) is 30.4. The van der Waals surface area contributed by atoms with Crippen molar-refractivity contribution in [1.82, 2.24) is 9.97 Å². The number of rotatable bonds is 8. The summed E-state index contributed by atoms with van der Waals surface area (Å²) in [6.07, 6.45) is 1.62. The van der Waals surface area contributed by atoms with Gasteiger partial charge in [0, 0.05) is 38.0 Å². The van der Waals surface area contributed by atoms with E-state index in [1.54, 1.807) is 24.3 Å². The predicted molar refractivity (Wildman–Crippen MR) is 165 cm³/mol. The van der Waals surface area contributed by atoms with Gasteiger partial charge in [-0.05, 0) is 25.7 Å². The minimum absolute atomic E-state index is 0. The topological polar surface area (TPSA) is 63.1 Å². The number of nitrogens with zero attached hydrogens (tertiary/aromatic N) is 2. The number of hydrogen-bond acceptors (Lipinski definition) is 4. The molecule has 0 saturated carbocycles. The molecular formula is C34H34F3IrN2O2Se-. The molecule has 5 aromatic rings. The molecule has 1 N–H and O–H groups in total. The number of fused-ring (bicyclic) bond motifs is 3. The van der Waals surface area contributed by atoms with E-state index in [9.17, 15) is 23.1 Å². The van der Waals surface area contributed by atoms with Gasteiger partial charge in [-0.2, -0.15) is 0 Å². The molecular weight excluding hydrogens is 797 g/mol. The Kier molecular flexibility index (Phi) is 12.3. The van der Waals surface area contributed by atoms with E-state index in [1.807, 2.05) is 52.0 Å². The van der Waals surface area contributed by atoms with Crippen LogP contribution >= 0.6 is 0 Å². The van der Waals surface area contributed by atoms with Crippen LogP contribution in [-0.2, 0) is 31.1 Å². The van der Waals surface area contributed by atoms with Crippen molar-refractivity contribution in [1.29, 1.82) is 0 Å². The van der Waals surface area contributed by atoms with Crippen molar-refractivity contribution in [3.05, 3.63) is 84.4 Å². The van der Waals surface area contributed by atoms with Gasteiger partial charge in [0.1, 0.15) is 0 Å². The monoisotopic (exact) mass is 832 g/mol. The van der Waals surface area contributed by atoms with Crippen LogP contribution < -0.4 is 0 Å². The third kappa shape index (κ3) is 7.82. The SMILES string of the molecule is CCC(CC)C(=O)/C=C(\O)C(CC)CC.FC(F)(F)c1c2ccccc2cc2c(-c3[c-]c4ccccc4[se]3)ncnc12.[Ir]. The number of carbonyl (C=O) groups excluding carboxylic acids is 1. The van der Waals surface area contributed by atoms with Crippen LogP contribution in [0.4, 0.5) is 13.2 Å². The molecule has 1 radical (unpaired) electrons. The van der Waals surface area contributed by atoms with Crippen LogP contribution in [0.5, 0.6) is 0 Å². The van der Waals surface area contributed by atoms with Crippen LogP contribution in [-0.4, -0.2) is 35.4 Å². The Morgan fingerprint density at radius 1 is 0.930 bits per heavy atom. The second-order valence-corrected chi connectivity index (χ2v) is 12.3. The smallest absolute Gasteiger partial charge is 0 e. The van der Waals surface area contributed by atoms with Gasteiger partial charge in [0.05, 0.1) is 5.76 Å². The molecule has 229 valence electrons. The largest absolute Gasteiger partial charge is 0 e. The van der Waals surface area contributed by atoms with Crippen molar-refractivity contribution in [3.63, 3.8) is 0 Å². The maximum atomic E-state index is 13.9. The van der Waals surface area contributed by atoms with E-state index in [0.717, 1.165) is 39.8 Å². The number of halogens is 3. The summed E-state index contributed by atoms with van der Waals surface area (Å²) in [6.45, 7) is 8.07. The van der Waals surface area contributed by atoms with E-state index in [4.69, 9.17) is 0 Å². The number of hydrogen-bond donors (Lipinski definition) is 1. The van der Waals surface area contributed by atoms with Gasteiger partial charge in [0.15, 0.2) is 5.78 Å². The van der Waals surface area contributed by atoms with Gasteiger partial charge in [-0.25, -0.2) is 0 Å². The van der Waals surface area contributed by atoms with Crippen molar-refractivity contribution >= 4 is 51.6 Å². The molecule has 0 aliphatic rings. The van der Waals surface area contributed by atoms with Crippen LogP contribution in [0.3, 0.4) is 0 Å². The van der Waals surface area contributed by atoms with E-state index in [-0.39, 0.29) is 68.9 Å². The minimum atomic E-state index is -4.51. The molecule has 0 fully saturated rings. The van der Waals surface area contributed by atoms with Crippen molar-refractivity contribution in [2.75, 3.05) is 0 Å². The molecule has 0 saturated heterocycles. The Hall–Kier alpha value is -2.83. The third-order valence-electron chi connectivity index (χ3n) is 7.58. The number of aliphatic hydroxyl groups is 1. The Bertz CT molecular complexity index is 1690. The summed E-state index contributed by atoms with van der Waals surface area (Å²) < 4.78 is 43.7. The minimum Gasteiger partial charge on any atom is 0 e. The molecule has 0 aliphatic carbocycles. The molecule has 0 aliphatic heterocycles. The molecule has 4 nitrogen and oxygen atoms in total. The van der Waals surface area contributed by atoms with E-state index >= 15 is 0 Å². The molecule has 43 heavy (non-hydrogen) atoms. The van der Waals surface area contributed by atoms with Crippen LogP contribution in [0, 0.1) is 17.9 Å². The summed E-state index contributed by atoms with van der Waals surface area (Å²) in [5.41, 5.74) is -0.234. The van der Waals surface area contributed by atoms with E-state index in [2.05, 4.69) is 16.0 Å². The Morgan fingerprint density at radius 3 is 2.19 bits per heavy atom. The number of aromatic nitrogens is 2. The number of aliphatic hydroxyl groups excluding tert-OH is 1. The van der Waals surface area contributed by atoms with Gasteiger partial charge < -0.3 is 5.11 Å². The fraction of sp³-hybridized carbons (Fsp3) is 0.324. The van der Waals surface area contributed by atoms with E-state index < -0.39 is 11.7 Å². The molecule has 0 bridgehead atoms. The first-order valence-corrected chi connectivity index (χ1v) is 15.9. The van der Waals surface area contributed by atoms with Gasteiger partial charge >= 0.3 is 158 Å². The van der Waals surface area contributed by atoms with Crippen LogP contribution in [0.25, 0.3) is 41.5 Å². The summed E-state index contributed by atoms with van der Waals surface area (Å²) in [5, 5.41) is 11.8. The van der Waals surface area contributed by atoms with E-state index in [0.29, 0.717) is 16.5 Å². The molecule has 3 aromatic carbocycles. The average Bonchev–Trinajstić information content (AvgIpc) is 3.41. The third-order valence-corrected chi connectivity index (χ3v) is 9.83. The van der Waals surface area contributed by atoms with Crippen molar-refractivity contribution < 1.29 is 43.2 Å². The first-order valence-electron chi connectivity index (χ1n) is 14.2. The Labute approximate surface area is 269 Å². The number of benzene rings is 3. The first-order chi connectivity index (χ1) is 20.1. The Balaban J connectivity index is 0.000000274. The molecule has 0 unspecified atom stereocenters. The van der Waals surface area contributed by atoms with Crippen LogP contribution in [0.1, 0.15) is 58.9 Å². The summed E-state index contributed by atoms with van der Waals surface area (Å²) in [7, 11) is 0. The van der Waals surface area contributed by atoms with Gasteiger partial charge in [-0.3, -0.25) is 4.79 Å². The van der Waals surface area contributed by atoms with Gasteiger partial charge in [0.25, 0.3) is 0 Å². The summed E-state index contributed by atoms with van der Waals surface area (Å²) in [4.78, 5) is 20.1. The van der Waals surface area contributed by atoms with Crippen molar-refractivity contribution in [2.45, 2.75) is 59.6 Å². The molecule has 0 spiro atoms. The van der Waals surface area contributed by atoms with Gasteiger partial charge in [0.2, 0.25) is 0 Å². The average molecular weight is 831 g/mol. The second kappa shape index (κ2) is 15.3. The maximum absolute atomic E-state index is 13.9. The molecule has 2 heterocycles. The van der Waals surface area contributed by atoms with Crippen LogP contribution in [0.2, 0.25) is 0 Å². The zero-order valence-corrected chi connectivity index (χ0v) is 28.6. The molecule has 5 rings (SSSR count). The molecule has 0 amide bonds. The molecule has 0 atom stereocenters. The number of ketones is 1. The number of allylic oxidation sites excluding steroid dienone is 2. The fourth-order valence-corrected chi connectivity index (χ4v) is 7.27. The summed E-state index contributed by atoms with van der Waals surface area (Å²) in [5.74, 6) is 0.547. The van der Waals surface area contributed by atoms with Crippen molar-refractivity contribution in [3.8, 4) is 10.1 Å². The molecule has 9 heteroatoms. The number of carbonyl (C=O) groups is 1. The standard InChI is InChI=1S/C21H10F3N2Se.C13H24O2.Ir/c22-21(23,24)18-14-7-3-1-5-12(14)9-15-19(25-11-26-20(15)18)17-10-13-6-2-4-8-16(13)27-17;1-5-10(6-2)12(14)9-13(15)11(7-3)8-4;/h1-9,11H;9-11,14H,5-8H2,1-4H3;/q-1;;/b;12-9-;. The van der Waals surface area contributed by atoms with Gasteiger partial charge in [-0.1, -0.05) is 27.7 Å². The number of alkyl halides is 3. The maximum Gasteiger partial charge on any atom is 0 e. The summed E-state index contributed by atoms with van der Waals surface area (Å²) in [6, 6.07) is 19.5. The van der Waals surface area contributed by atoms with E-state index in [1.165, 1.54) is 18.5 Å². The quantitative estimate of drug-likeness (QED) is 0.0557. The van der Waals surface area contributed by atoms with Crippen molar-refractivity contribution in [2.24, 2.45) is 11.8 Å². The van der Waals surface area contributed by atoms with Gasteiger partial charge in [-0.15, -0.1) is 0 Å². The molecule has 2 aromatic heterocycles. The zero-order valence-electron chi connectivity index (χ0n) is 24.5. The fourth-order valence-electron chi connectivity index (χ4n) is 5.14. The normalized spacial score (nSPS) is 12.1. The predicted octanol–water partition coefficient (Wildman–Crippen LogP) is 9.35. The van der Waals surface area contributed by atoms with Crippen LogP contribution in [0.15, 0.2) is 72.8 Å². The summed E-state index contributed by atoms with van der Waals surface area (Å²) >= 11 is -0.0537.